The number of terminal acetylenes is 1. The van der Waals surface area contributed by atoms with Crippen molar-refractivity contribution in [3.8, 4) is 12.3 Å². The largest absolute Gasteiger partial charge is 0.271 e. The van der Waals surface area contributed by atoms with E-state index >= 15 is 0 Å². The Hall–Kier alpha value is -1.62. The van der Waals surface area contributed by atoms with Gasteiger partial charge in [0.05, 0.1) is 9.95 Å². The number of non-ortho nitro benzene ring substituents is 1. The monoisotopic (exact) mass is 302 g/mol. The van der Waals surface area contributed by atoms with Gasteiger partial charge in [-0.25, -0.2) is 13.1 Å². The number of nitrogens with one attached hydrogen (secondary N) is 1. The third-order valence-corrected chi connectivity index (χ3v) is 4.15. The van der Waals surface area contributed by atoms with Crippen LogP contribution in [-0.4, -0.2) is 19.9 Å². The number of halogens is 1. The van der Waals surface area contributed by atoms with Crippen LogP contribution in [0.4, 0.5) is 5.69 Å². The summed E-state index contributed by atoms with van der Waals surface area (Å²) < 4.78 is 26.1. The molecular formula is C11H11ClN2O4S. The summed E-state index contributed by atoms with van der Waals surface area (Å²) in [5, 5.41) is 10.3. The lowest BCUT2D eigenvalue weighted by molar-refractivity contribution is -0.384. The molecule has 0 unspecified atom stereocenters. The molecule has 19 heavy (non-hydrogen) atoms. The number of unbranched alkanes of at least 4 members (excludes halogenated alkanes) is 1. The van der Waals surface area contributed by atoms with E-state index in [9.17, 15) is 18.5 Å². The molecule has 0 aromatic heterocycles. The standard InChI is InChI=1S/C11H11ClN2O4S/c1-2-3-4-7-13-19(17,18)11-6-5-9(14(15)16)8-10(11)12/h1,5-6,8,13H,3-4,7H2. The summed E-state index contributed by atoms with van der Waals surface area (Å²) >= 11 is 5.74. The third-order valence-electron chi connectivity index (χ3n) is 2.21. The molecule has 1 aromatic rings. The first kappa shape index (κ1) is 15.4. The van der Waals surface area contributed by atoms with Crippen LogP contribution < -0.4 is 4.72 Å². The third kappa shape index (κ3) is 4.21. The summed E-state index contributed by atoms with van der Waals surface area (Å²) in [7, 11) is -3.79. The van der Waals surface area contributed by atoms with E-state index in [-0.39, 0.29) is 22.2 Å². The Bertz CT molecular complexity index is 622. The van der Waals surface area contributed by atoms with E-state index < -0.39 is 14.9 Å². The zero-order chi connectivity index (χ0) is 14.5. The molecule has 0 radical (unpaired) electrons. The van der Waals surface area contributed by atoms with Gasteiger partial charge in [0.1, 0.15) is 4.90 Å². The van der Waals surface area contributed by atoms with Crippen LogP contribution in [-0.2, 0) is 10.0 Å². The highest BCUT2D eigenvalue weighted by molar-refractivity contribution is 7.89. The smallest absolute Gasteiger partial charge is 0.258 e. The fourth-order valence-electron chi connectivity index (χ4n) is 1.30. The lowest BCUT2D eigenvalue weighted by Gasteiger charge is -2.07. The molecule has 0 atom stereocenters. The number of nitro benzene ring substituents is 1. The normalized spacial score (nSPS) is 10.9. The van der Waals surface area contributed by atoms with Crippen molar-refractivity contribution in [2.24, 2.45) is 0 Å². The van der Waals surface area contributed by atoms with Gasteiger partial charge in [-0.2, -0.15) is 0 Å². The fourth-order valence-corrected chi connectivity index (χ4v) is 2.91. The molecule has 0 saturated heterocycles. The molecule has 0 spiro atoms. The van der Waals surface area contributed by atoms with Gasteiger partial charge in [0, 0.05) is 25.1 Å². The maximum Gasteiger partial charge on any atom is 0.271 e. The number of hydrogen-bond donors (Lipinski definition) is 1. The predicted molar refractivity (Wildman–Crippen MR) is 71.4 cm³/mol. The maximum atomic E-state index is 11.9. The zero-order valence-corrected chi connectivity index (χ0v) is 11.4. The van der Waals surface area contributed by atoms with Gasteiger partial charge in [0.2, 0.25) is 10.0 Å². The van der Waals surface area contributed by atoms with Crippen LogP contribution in [0.3, 0.4) is 0 Å². The van der Waals surface area contributed by atoms with Crippen LogP contribution in [0, 0.1) is 22.5 Å². The van der Waals surface area contributed by atoms with Gasteiger partial charge < -0.3 is 0 Å². The van der Waals surface area contributed by atoms with Crippen LogP contribution in [0.2, 0.25) is 5.02 Å². The van der Waals surface area contributed by atoms with E-state index in [2.05, 4.69) is 10.6 Å². The average Bonchev–Trinajstić information content (AvgIpc) is 2.34. The van der Waals surface area contributed by atoms with Gasteiger partial charge >= 0.3 is 0 Å². The predicted octanol–water partition coefficient (Wildman–Crippen LogP) is 1.94. The van der Waals surface area contributed by atoms with Crippen molar-refractivity contribution in [3.05, 3.63) is 33.3 Å². The second kappa shape index (κ2) is 6.52. The van der Waals surface area contributed by atoms with Gasteiger partial charge in [0.15, 0.2) is 0 Å². The van der Waals surface area contributed by atoms with Gasteiger partial charge in [-0.1, -0.05) is 11.6 Å². The van der Waals surface area contributed by atoms with E-state index in [0.717, 1.165) is 18.2 Å². The molecule has 0 bridgehead atoms. The van der Waals surface area contributed by atoms with Crippen molar-refractivity contribution in [1.29, 1.82) is 0 Å². The highest BCUT2D eigenvalue weighted by Gasteiger charge is 2.19. The summed E-state index contributed by atoms with van der Waals surface area (Å²) in [6, 6.07) is 3.18. The molecule has 0 fully saturated rings. The van der Waals surface area contributed by atoms with Gasteiger partial charge in [-0.05, 0) is 12.5 Å². The second-order valence-electron chi connectivity index (χ2n) is 3.58. The van der Waals surface area contributed by atoms with Crippen LogP contribution in [0.1, 0.15) is 12.8 Å². The molecule has 0 saturated carbocycles. The van der Waals surface area contributed by atoms with Gasteiger partial charge in [-0.15, -0.1) is 12.3 Å². The highest BCUT2D eigenvalue weighted by Crippen LogP contribution is 2.25. The maximum absolute atomic E-state index is 11.9. The molecule has 102 valence electrons. The van der Waals surface area contributed by atoms with Gasteiger partial charge in [0.25, 0.3) is 5.69 Å². The van der Waals surface area contributed by atoms with Crippen molar-refractivity contribution in [2.75, 3.05) is 6.54 Å². The van der Waals surface area contributed by atoms with Crippen LogP contribution in [0.25, 0.3) is 0 Å². The Morgan fingerprint density at radius 1 is 1.47 bits per heavy atom. The zero-order valence-electron chi connectivity index (χ0n) is 9.80. The van der Waals surface area contributed by atoms with E-state index in [4.69, 9.17) is 18.0 Å². The fraction of sp³-hybridized carbons (Fsp3) is 0.273. The molecule has 1 rings (SSSR count). The molecule has 0 aliphatic carbocycles. The topological polar surface area (TPSA) is 89.3 Å². The number of rotatable bonds is 6. The molecule has 0 amide bonds. The Kier molecular flexibility index (Phi) is 5.30. The Balaban J connectivity index is 2.90. The number of hydrogen-bond acceptors (Lipinski definition) is 4. The van der Waals surface area contributed by atoms with Crippen molar-refractivity contribution in [2.45, 2.75) is 17.7 Å². The van der Waals surface area contributed by atoms with Crippen LogP contribution >= 0.6 is 11.6 Å². The minimum atomic E-state index is -3.79. The summed E-state index contributed by atoms with van der Waals surface area (Å²) in [4.78, 5) is 9.68. The molecule has 0 aliphatic rings. The molecule has 8 heteroatoms. The number of nitro groups is 1. The second-order valence-corrected chi connectivity index (χ2v) is 5.72. The first-order valence-electron chi connectivity index (χ1n) is 5.25. The van der Waals surface area contributed by atoms with Crippen LogP contribution in [0.15, 0.2) is 23.1 Å². The molecule has 1 aromatic carbocycles. The van der Waals surface area contributed by atoms with Gasteiger partial charge in [-0.3, -0.25) is 10.1 Å². The molecule has 0 aliphatic heterocycles. The Labute approximate surface area is 116 Å². The first-order chi connectivity index (χ1) is 8.88. The number of sulfonamides is 1. The molecule has 1 N–H and O–H groups in total. The number of nitrogens with zero attached hydrogens (tertiary/aromatic N) is 1. The molecule has 6 nitrogen and oxygen atoms in total. The van der Waals surface area contributed by atoms with Crippen molar-refractivity contribution in [3.63, 3.8) is 0 Å². The lowest BCUT2D eigenvalue weighted by atomic mass is 10.3. The van der Waals surface area contributed by atoms with E-state index in [1.807, 2.05) is 0 Å². The highest BCUT2D eigenvalue weighted by atomic mass is 35.5. The van der Waals surface area contributed by atoms with Crippen molar-refractivity contribution < 1.29 is 13.3 Å². The Morgan fingerprint density at radius 3 is 2.68 bits per heavy atom. The quantitative estimate of drug-likeness (QED) is 0.376. The SMILES string of the molecule is C#CCCCNS(=O)(=O)c1ccc([N+](=O)[O-])cc1Cl. The van der Waals surface area contributed by atoms with E-state index in [1.54, 1.807) is 0 Å². The first-order valence-corrected chi connectivity index (χ1v) is 7.11. The minimum Gasteiger partial charge on any atom is -0.258 e. The number of benzene rings is 1. The molecular weight excluding hydrogens is 292 g/mol. The Morgan fingerprint density at radius 2 is 2.16 bits per heavy atom. The summed E-state index contributed by atoms with van der Waals surface area (Å²) in [6.45, 7) is 0.180. The minimum absolute atomic E-state index is 0.180. The summed E-state index contributed by atoms with van der Waals surface area (Å²) in [5.74, 6) is 2.39. The van der Waals surface area contributed by atoms with Crippen molar-refractivity contribution >= 4 is 27.3 Å². The van der Waals surface area contributed by atoms with E-state index in [0.29, 0.717) is 12.8 Å². The van der Waals surface area contributed by atoms with Crippen molar-refractivity contribution in [1.82, 2.24) is 4.72 Å². The lowest BCUT2D eigenvalue weighted by Crippen LogP contribution is -2.25. The van der Waals surface area contributed by atoms with Crippen LogP contribution in [0.5, 0.6) is 0 Å². The average molecular weight is 303 g/mol. The summed E-state index contributed by atoms with van der Waals surface area (Å²) in [5.41, 5.74) is -0.267. The summed E-state index contributed by atoms with van der Waals surface area (Å²) in [6.07, 6.45) is 6.00. The van der Waals surface area contributed by atoms with E-state index in [1.165, 1.54) is 0 Å². The molecule has 0 heterocycles.